The number of hydrogen-bond acceptors (Lipinski definition) is 5. The van der Waals surface area contributed by atoms with E-state index in [-0.39, 0.29) is 11.9 Å². The highest BCUT2D eigenvalue weighted by atomic mass is 16.5. The van der Waals surface area contributed by atoms with Gasteiger partial charge in [-0.2, -0.15) is 0 Å². The predicted molar refractivity (Wildman–Crippen MR) is 115 cm³/mol. The quantitative estimate of drug-likeness (QED) is 0.661. The number of amides is 1. The molecule has 30 heavy (non-hydrogen) atoms. The molecule has 2 aromatic carbocycles. The van der Waals surface area contributed by atoms with Crippen LogP contribution in [0.5, 0.6) is 11.5 Å². The van der Waals surface area contributed by atoms with E-state index in [2.05, 4.69) is 4.90 Å². The number of likely N-dealkylation sites (tertiary alicyclic amines) is 1. The molecule has 0 saturated carbocycles. The average molecular weight is 406 g/mol. The highest BCUT2D eigenvalue weighted by Crippen LogP contribution is 2.29. The fourth-order valence-corrected chi connectivity index (χ4v) is 3.99. The Morgan fingerprint density at radius 1 is 1.13 bits per heavy atom. The molecule has 1 fully saturated rings. The second-order valence-electron chi connectivity index (χ2n) is 7.49. The minimum Gasteiger partial charge on any atom is -0.508 e. The second kappa shape index (κ2) is 9.05. The Kier molecular flexibility index (Phi) is 6.05. The van der Waals surface area contributed by atoms with Crippen LogP contribution in [0.15, 0.2) is 71.3 Å². The number of phenolic OH excluding ortho intramolecular Hbond substituents is 1. The summed E-state index contributed by atoms with van der Waals surface area (Å²) in [5.74, 6) is 1.22. The van der Waals surface area contributed by atoms with Crippen molar-refractivity contribution in [1.29, 1.82) is 0 Å². The van der Waals surface area contributed by atoms with E-state index in [1.54, 1.807) is 25.3 Å². The first kappa shape index (κ1) is 20.0. The zero-order valence-corrected chi connectivity index (χ0v) is 17.0. The van der Waals surface area contributed by atoms with Crippen molar-refractivity contribution in [3.8, 4) is 11.5 Å². The lowest BCUT2D eigenvalue weighted by Crippen LogP contribution is -2.47. The number of aromatic hydroxyl groups is 1. The van der Waals surface area contributed by atoms with E-state index in [0.717, 1.165) is 37.2 Å². The number of anilines is 1. The maximum atomic E-state index is 13.3. The first-order valence-corrected chi connectivity index (χ1v) is 10.2. The first-order valence-electron chi connectivity index (χ1n) is 10.2. The molecule has 6 heteroatoms. The van der Waals surface area contributed by atoms with Gasteiger partial charge in [0.05, 0.1) is 13.4 Å². The molecular formula is C24H26N2O4. The fourth-order valence-electron chi connectivity index (χ4n) is 3.99. The van der Waals surface area contributed by atoms with Gasteiger partial charge in [0.25, 0.3) is 5.91 Å². The topological polar surface area (TPSA) is 66.2 Å². The Hall–Kier alpha value is -3.25. The third kappa shape index (κ3) is 4.33. The summed E-state index contributed by atoms with van der Waals surface area (Å²) in [5.41, 5.74) is 1.72. The summed E-state index contributed by atoms with van der Waals surface area (Å²) >= 11 is 0. The van der Waals surface area contributed by atoms with Gasteiger partial charge in [-0.3, -0.25) is 9.69 Å². The molecular weight excluding hydrogens is 380 g/mol. The molecule has 156 valence electrons. The molecule has 1 amide bonds. The van der Waals surface area contributed by atoms with Gasteiger partial charge in [0.2, 0.25) is 0 Å². The van der Waals surface area contributed by atoms with Crippen LogP contribution < -0.4 is 9.64 Å². The molecule has 0 spiro atoms. The smallest absolute Gasteiger partial charge is 0.294 e. The highest BCUT2D eigenvalue weighted by Gasteiger charge is 2.31. The lowest BCUT2D eigenvalue weighted by atomic mass is 10.0. The summed E-state index contributed by atoms with van der Waals surface area (Å²) in [6.07, 6.45) is 3.18. The van der Waals surface area contributed by atoms with Crippen LogP contribution >= 0.6 is 0 Å². The largest absolute Gasteiger partial charge is 0.508 e. The predicted octanol–water partition coefficient (Wildman–Crippen LogP) is 4.31. The van der Waals surface area contributed by atoms with E-state index in [9.17, 15) is 9.90 Å². The maximum Gasteiger partial charge on any atom is 0.294 e. The minimum absolute atomic E-state index is 0.0512. The van der Waals surface area contributed by atoms with Crippen molar-refractivity contribution in [3.05, 3.63) is 78.3 Å². The van der Waals surface area contributed by atoms with Gasteiger partial charge in [-0.25, -0.2) is 0 Å². The van der Waals surface area contributed by atoms with E-state index >= 15 is 0 Å². The number of methoxy groups -OCH3 is 1. The first-order chi connectivity index (χ1) is 14.7. The van der Waals surface area contributed by atoms with Crippen molar-refractivity contribution >= 4 is 11.6 Å². The van der Waals surface area contributed by atoms with Crippen molar-refractivity contribution in [2.45, 2.75) is 25.4 Å². The molecule has 1 aromatic heterocycles. The van der Waals surface area contributed by atoms with Gasteiger partial charge in [0, 0.05) is 43.0 Å². The number of carbonyl (C=O) groups excluding carboxylic acids is 1. The standard InChI is InChI=1S/C24H26N2O4/c1-29-21-8-4-7-20(16-21)26(24(28)23-10-5-15-30-23)19-11-13-25(14-12-19)17-18-6-2-3-9-22(18)27/h2-10,15-16,19,27H,11-14,17H2,1H3. The lowest BCUT2D eigenvalue weighted by Gasteiger charge is -2.38. The zero-order chi connectivity index (χ0) is 20.9. The number of furan rings is 1. The van der Waals surface area contributed by atoms with Crippen molar-refractivity contribution in [2.24, 2.45) is 0 Å². The van der Waals surface area contributed by atoms with Gasteiger partial charge in [-0.15, -0.1) is 0 Å². The summed E-state index contributed by atoms with van der Waals surface area (Å²) < 4.78 is 10.8. The summed E-state index contributed by atoms with van der Waals surface area (Å²) in [6.45, 7) is 2.38. The Balaban J connectivity index is 1.52. The Morgan fingerprint density at radius 2 is 1.93 bits per heavy atom. The number of piperidine rings is 1. The Morgan fingerprint density at radius 3 is 2.63 bits per heavy atom. The van der Waals surface area contributed by atoms with Crippen LogP contribution in [0.4, 0.5) is 5.69 Å². The van der Waals surface area contributed by atoms with E-state index in [4.69, 9.17) is 9.15 Å². The van der Waals surface area contributed by atoms with Crippen molar-refractivity contribution < 1.29 is 19.1 Å². The summed E-state index contributed by atoms with van der Waals surface area (Å²) in [5, 5.41) is 10.1. The van der Waals surface area contributed by atoms with Gasteiger partial charge < -0.3 is 19.2 Å². The molecule has 1 aliphatic heterocycles. The van der Waals surface area contributed by atoms with Crippen LogP contribution in [-0.2, 0) is 6.54 Å². The molecule has 0 radical (unpaired) electrons. The minimum atomic E-state index is -0.146. The second-order valence-corrected chi connectivity index (χ2v) is 7.49. The average Bonchev–Trinajstić information content (AvgIpc) is 3.32. The SMILES string of the molecule is COc1cccc(N(C(=O)c2ccco2)C2CCN(Cc3ccccc3O)CC2)c1. The van der Waals surface area contributed by atoms with Crippen molar-refractivity contribution in [1.82, 2.24) is 4.90 Å². The number of para-hydroxylation sites is 1. The van der Waals surface area contributed by atoms with Gasteiger partial charge in [0.15, 0.2) is 5.76 Å². The van der Waals surface area contributed by atoms with Crippen molar-refractivity contribution in [2.75, 3.05) is 25.1 Å². The van der Waals surface area contributed by atoms with Gasteiger partial charge in [0.1, 0.15) is 11.5 Å². The number of nitrogens with zero attached hydrogens (tertiary/aromatic N) is 2. The monoisotopic (exact) mass is 406 g/mol. The highest BCUT2D eigenvalue weighted by molar-refractivity contribution is 6.04. The molecule has 1 N–H and O–H groups in total. The Labute approximate surface area is 176 Å². The van der Waals surface area contributed by atoms with Crippen LogP contribution in [-0.4, -0.2) is 42.2 Å². The molecule has 0 atom stereocenters. The number of carbonyl (C=O) groups is 1. The number of hydrogen-bond donors (Lipinski definition) is 1. The lowest BCUT2D eigenvalue weighted by molar-refractivity contribution is 0.0931. The van der Waals surface area contributed by atoms with Gasteiger partial charge >= 0.3 is 0 Å². The van der Waals surface area contributed by atoms with Crippen LogP contribution in [0.25, 0.3) is 0 Å². The van der Waals surface area contributed by atoms with Crippen LogP contribution in [0.1, 0.15) is 29.0 Å². The zero-order valence-electron chi connectivity index (χ0n) is 17.0. The molecule has 0 unspecified atom stereocenters. The number of benzene rings is 2. The number of phenols is 1. The van der Waals surface area contributed by atoms with Crippen LogP contribution in [0.2, 0.25) is 0 Å². The van der Waals surface area contributed by atoms with Crippen LogP contribution in [0.3, 0.4) is 0 Å². The van der Waals surface area contributed by atoms with Gasteiger partial charge in [-0.05, 0) is 43.2 Å². The number of ether oxygens (including phenoxy) is 1. The molecule has 4 rings (SSSR count). The Bertz CT molecular complexity index is 978. The van der Waals surface area contributed by atoms with Crippen molar-refractivity contribution in [3.63, 3.8) is 0 Å². The van der Waals surface area contributed by atoms with Crippen LogP contribution in [0, 0.1) is 0 Å². The summed E-state index contributed by atoms with van der Waals surface area (Å²) in [4.78, 5) is 17.4. The molecule has 6 nitrogen and oxygen atoms in total. The molecule has 1 aliphatic rings. The molecule has 0 bridgehead atoms. The molecule has 3 aromatic rings. The van der Waals surface area contributed by atoms with E-state index in [1.165, 1.54) is 6.26 Å². The third-order valence-corrected chi connectivity index (χ3v) is 5.59. The third-order valence-electron chi connectivity index (χ3n) is 5.59. The summed E-state index contributed by atoms with van der Waals surface area (Å²) in [7, 11) is 1.62. The normalized spacial score (nSPS) is 15.1. The summed E-state index contributed by atoms with van der Waals surface area (Å²) in [6, 6.07) is 18.5. The number of rotatable bonds is 6. The maximum absolute atomic E-state index is 13.3. The molecule has 0 aliphatic carbocycles. The van der Waals surface area contributed by atoms with E-state index in [0.29, 0.717) is 23.8 Å². The van der Waals surface area contributed by atoms with E-state index in [1.807, 2.05) is 47.4 Å². The van der Waals surface area contributed by atoms with Gasteiger partial charge in [-0.1, -0.05) is 24.3 Å². The molecule has 1 saturated heterocycles. The van der Waals surface area contributed by atoms with E-state index < -0.39 is 0 Å². The molecule has 2 heterocycles. The fraction of sp³-hybridized carbons (Fsp3) is 0.292.